The zero-order valence-electron chi connectivity index (χ0n) is 9.53. The van der Waals surface area contributed by atoms with E-state index in [-0.39, 0.29) is 10.6 Å². The van der Waals surface area contributed by atoms with Crippen molar-refractivity contribution in [3.05, 3.63) is 51.7 Å². The number of aromatic nitrogens is 2. The van der Waals surface area contributed by atoms with Crippen LogP contribution in [0.15, 0.2) is 36.0 Å². The predicted octanol–water partition coefficient (Wildman–Crippen LogP) is 3.28. The molecule has 3 rings (SSSR count). The molecule has 2 aromatic heterocycles. The van der Waals surface area contributed by atoms with Crippen LogP contribution in [0.5, 0.6) is 0 Å². The van der Waals surface area contributed by atoms with Crippen molar-refractivity contribution in [3.63, 3.8) is 0 Å². The van der Waals surface area contributed by atoms with Crippen LogP contribution in [0.3, 0.4) is 0 Å². The standard InChI is InChI=1S/C12H9N3O2S/c1-8-2-3-9(6-11(8)15(16)17)10-7-14-4-5-18-12(14)13-10/h2-7H,1H3. The number of nitrogens with zero attached hydrogens (tertiary/aromatic N) is 3. The molecule has 0 radical (unpaired) electrons. The molecule has 0 aliphatic carbocycles. The van der Waals surface area contributed by atoms with E-state index < -0.39 is 0 Å². The summed E-state index contributed by atoms with van der Waals surface area (Å²) in [4.78, 5) is 15.9. The number of aryl methyl sites for hydroxylation is 1. The van der Waals surface area contributed by atoms with Crippen LogP contribution in [-0.2, 0) is 0 Å². The molecule has 0 fully saturated rings. The Morgan fingerprint density at radius 3 is 3.00 bits per heavy atom. The molecule has 0 saturated heterocycles. The van der Waals surface area contributed by atoms with E-state index in [2.05, 4.69) is 4.98 Å². The largest absolute Gasteiger partial charge is 0.297 e. The van der Waals surface area contributed by atoms with Gasteiger partial charge < -0.3 is 0 Å². The van der Waals surface area contributed by atoms with Crippen LogP contribution in [-0.4, -0.2) is 14.3 Å². The first-order valence-electron chi connectivity index (χ1n) is 5.33. The van der Waals surface area contributed by atoms with Crippen molar-refractivity contribution in [1.29, 1.82) is 0 Å². The Hall–Kier alpha value is -2.21. The van der Waals surface area contributed by atoms with Gasteiger partial charge in [-0.05, 0) is 6.92 Å². The lowest BCUT2D eigenvalue weighted by Gasteiger charge is -1.99. The SMILES string of the molecule is Cc1ccc(-c2cn3ccsc3n2)cc1[N+](=O)[O-]. The van der Waals surface area contributed by atoms with E-state index in [4.69, 9.17) is 0 Å². The first-order valence-corrected chi connectivity index (χ1v) is 6.21. The molecule has 18 heavy (non-hydrogen) atoms. The Bertz CT molecular complexity index is 716. The highest BCUT2D eigenvalue weighted by molar-refractivity contribution is 7.15. The number of rotatable bonds is 2. The topological polar surface area (TPSA) is 60.4 Å². The van der Waals surface area contributed by atoms with Gasteiger partial charge in [0.25, 0.3) is 5.69 Å². The van der Waals surface area contributed by atoms with Crippen molar-refractivity contribution in [2.45, 2.75) is 6.92 Å². The summed E-state index contributed by atoms with van der Waals surface area (Å²) in [5.41, 5.74) is 2.31. The number of nitro groups is 1. The Balaban J connectivity index is 2.14. The van der Waals surface area contributed by atoms with E-state index in [1.54, 1.807) is 19.1 Å². The first-order chi connectivity index (χ1) is 8.65. The fourth-order valence-corrected chi connectivity index (χ4v) is 2.53. The van der Waals surface area contributed by atoms with Gasteiger partial charge in [0.15, 0.2) is 4.96 Å². The van der Waals surface area contributed by atoms with Crippen LogP contribution in [0.2, 0.25) is 0 Å². The lowest BCUT2D eigenvalue weighted by molar-refractivity contribution is -0.385. The van der Waals surface area contributed by atoms with Crippen LogP contribution in [0.25, 0.3) is 16.2 Å². The van der Waals surface area contributed by atoms with E-state index >= 15 is 0 Å². The smallest absolute Gasteiger partial charge is 0.272 e. The van der Waals surface area contributed by atoms with Crippen LogP contribution in [0, 0.1) is 17.0 Å². The second-order valence-electron chi connectivity index (χ2n) is 3.98. The van der Waals surface area contributed by atoms with Crippen molar-refractivity contribution in [2.75, 3.05) is 0 Å². The third-order valence-corrected chi connectivity index (χ3v) is 3.57. The van der Waals surface area contributed by atoms with Crippen molar-refractivity contribution in [1.82, 2.24) is 9.38 Å². The number of hydrogen-bond acceptors (Lipinski definition) is 4. The Labute approximate surface area is 106 Å². The monoisotopic (exact) mass is 259 g/mol. The summed E-state index contributed by atoms with van der Waals surface area (Å²) in [6, 6.07) is 5.18. The van der Waals surface area contributed by atoms with Crippen molar-refractivity contribution in [2.24, 2.45) is 0 Å². The van der Waals surface area contributed by atoms with E-state index in [0.717, 1.165) is 16.2 Å². The average Bonchev–Trinajstić information content (AvgIpc) is 2.89. The summed E-state index contributed by atoms with van der Waals surface area (Å²) in [7, 11) is 0. The number of hydrogen-bond donors (Lipinski definition) is 0. The minimum Gasteiger partial charge on any atom is -0.297 e. The fourth-order valence-electron chi connectivity index (χ4n) is 1.83. The number of thiazole rings is 1. The molecule has 0 unspecified atom stereocenters. The van der Waals surface area contributed by atoms with E-state index in [9.17, 15) is 10.1 Å². The highest BCUT2D eigenvalue weighted by Crippen LogP contribution is 2.27. The minimum absolute atomic E-state index is 0.129. The van der Waals surface area contributed by atoms with Gasteiger partial charge in [0.2, 0.25) is 0 Å². The molecular formula is C12H9N3O2S. The summed E-state index contributed by atoms with van der Waals surface area (Å²) >= 11 is 1.53. The molecule has 6 heteroatoms. The minimum atomic E-state index is -0.364. The zero-order valence-corrected chi connectivity index (χ0v) is 10.3. The number of benzene rings is 1. The number of fused-ring (bicyclic) bond motifs is 1. The Morgan fingerprint density at radius 1 is 1.44 bits per heavy atom. The van der Waals surface area contributed by atoms with Crippen molar-refractivity contribution >= 4 is 22.0 Å². The van der Waals surface area contributed by atoms with Gasteiger partial charge in [-0.25, -0.2) is 4.98 Å². The molecule has 0 atom stereocenters. The maximum Gasteiger partial charge on any atom is 0.272 e. The maximum absolute atomic E-state index is 10.9. The van der Waals surface area contributed by atoms with Gasteiger partial charge >= 0.3 is 0 Å². The molecule has 90 valence electrons. The van der Waals surface area contributed by atoms with Gasteiger partial charge in [-0.15, -0.1) is 11.3 Å². The van der Waals surface area contributed by atoms with Gasteiger partial charge in [0, 0.05) is 35.0 Å². The highest BCUT2D eigenvalue weighted by atomic mass is 32.1. The van der Waals surface area contributed by atoms with Gasteiger partial charge in [-0.1, -0.05) is 12.1 Å². The number of imidazole rings is 1. The van der Waals surface area contributed by atoms with Gasteiger partial charge in [-0.3, -0.25) is 14.5 Å². The second kappa shape index (κ2) is 3.92. The van der Waals surface area contributed by atoms with E-state index in [1.165, 1.54) is 11.3 Å². The maximum atomic E-state index is 10.9. The lowest BCUT2D eigenvalue weighted by Crippen LogP contribution is -1.92. The number of nitro benzene ring substituents is 1. The van der Waals surface area contributed by atoms with Crippen molar-refractivity contribution < 1.29 is 4.92 Å². The molecular weight excluding hydrogens is 250 g/mol. The molecule has 0 saturated carbocycles. The van der Waals surface area contributed by atoms with Gasteiger partial charge in [0.1, 0.15) is 0 Å². The molecule has 0 aliphatic rings. The van der Waals surface area contributed by atoms with Crippen LogP contribution >= 0.6 is 11.3 Å². The summed E-state index contributed by atoms with van der Waals surface area (Å²) in [6.07, 6.45) is 3.79. The Morgan fingerprint density at radius 2 is 2.28 bits per heavy atom. The molecule has 1 aromatic carbocycles. The molecule has 0 aliphatic heterocycles. The van der Waals surface area contributed by atoms with Gasteiger partial charge in [0.05, 0.1) is 10.6 Å². The zero-order chi connectivity index (χ0) is 12.7. The summed E-state index contributed by atoms with van der Waals surface area (Å²) in [6.45, 7) is 1.73. The second-order valence-corrected chi connectivity index (χ2v) is 4.85. The predicted molar refractivity (Wildman–Crippen MR) is 69.9 cm³/mol. The molecule has 0 amide bonds. The van der Waals surface area contributed by atoms with Crippen LogP contribution in [0.4, 0.5) is 5.69 Å². The van der Waals surface area contributed by atoms with E-state index in [1.807, 2.05) is 28.2 Å². The summed E-state index contributed by atoms with van der Waals surface area (Å²) in [5, 5.41) is 12.9. The third-order valence-electron chi connectivity index (χ3n) is 2.79. The quantitative estimate of drug-likeness (QED) is 0.524. The fraction of sp³-hybridized carbons (Fsp3) is 0.0833. The molecule has 0 N–H and O–H groups in total. The van der Waals surface area contributed by atoms with Crippen molar-refractivity contribution in [3.8, 4) is 11.3 Å². The van der Waals surface area contributed by atoms with Gasteiger partial charge in [-0.2, -0.15) is 0 Å². The summed E-state index contributed by atoms with van der Waals surface area (Å²) < 4.78 is 1.91. The molecule has 0 spiro atoms. The molecule has 2 heterocycles. The first kappa shape index (κ1) is 10.9. The normalized spacial score (nSPS) is 10.9. The third kappa shape index (κ3) is 1.67. The average molecular weight is 259 g/mol. The van der Waals surface area contributed by atoms with E-state index in [0.29, 0.717) is 5.56 Å². The van der Waals surface area contributed by atoms with Crippen LogP contribution < -0.4 is 0 Å². The summed E-state index contributed by atoms with van der Waals surface area (Å²) in [5.74, 6) is 0. The molecule has 0 bridgehead atoms. The van der Waals surface area contributed by atoms with Crippen LogP contribution in [0.1, 0.15) is 5.56 Å². The highest BCUT2D eigenvalue weighted by Gasteiger charge is 2.13. The lowest BCUT2D eigenvalue weighted by atomic mass is 10.1. The molecule has 3 aromatic rings. The Kier molecular flexibility index (Phi) is 2.38. The molecule has 5 nitrogen and oxygen atoms in total.